The van der Waals surface area contributed by atoms with Crippen LogP contribution in [0.5, 0.6) is 0 Å². The summed E-state index contributed by atoms with van der Waals surface area (Å²) < 4.78 is 3.00. The van der Waals surface area contributed by atoms with Gasteiger partial charge in [0.25, 0.3) is 5.91 Å². The standard InChI is InChI=1S/C10H10N8O/c1-17-9-5(2-15-17)10(14-4-13-9)18-3-6(11)7(16-18)8(12)19/h2-4H,11H2,1H3,(H2,12,19). The van der Waals surface area contributed by atoms with Crippen LogP contribution in [0.25, 0.3) is 16.9 Å². The van der Waals surface area contributed by atoms with Crippen LogP contribution in [-0.4, -0.2) is 35.4 Å². The molecule has 3 heterocycles. The molecule has 0 spiro atoms. The average Bonchev–Trinajstić information content (AvgIpc) is 2.94. The van der Waals surface area contributed by atoms with Crippen molar-refractivity contribution in [2.75, 3.05) is 5.73 Å². The maximum absolute atomic E-state index is 11.2. The van der Waals surface area contributed by atoms with Crippen LogP contribution in [0.4, 0.5) is 5.69 Å². The molecular formula is C10H10N8O. The lowest BCUT2D eigenvalue weighted by atomic mass is 10.4. The van der Waals surface area contributed by atoms with Crippen LogP contribution in [0.1, 0.15) is 10.5 Å². The largest absolute Gasteiger partial charge is 0.396 e. The zero-order chi connectivity index (χ0) is 13.6. The number of fused-ring (bicyclic) bond motifs is 1. The molecule has 3 aromatic heterocycles. The highest BCUT2D eigenvalue weighted by Crippen LogP contribution is 2.19. The monoisotopic (exact) mass is 258 g/mol. The van der Waals surface area contributed by atoms with E-state index in [1.807, 2.05) is 0 Å². The number of aromatic nitrogens is 6. The first-order valence-electron chi connectivity index (χ1n) is 5.36. The minimum absolute atomic E-state index is 0.00986. The van der Waals surface area contributed by atoms with E-state index in [4.69, 9.17) is 11.5 Å². The van der Waals surface area contributed by atoms with Gasteiger partial charge in [0, 0.05) is 7.05 Å². The van der Waals surface area contributed by atoms with E-state index in [-0.39, 0.29) is 11.4 Å². The molecule has 0 aromatic carbocycles. The topological polar surface area (TPSA) is 131 Å². The molecule has 0 atom stereocenters. The Morgan fingerprint density at radius 2 is 2.16 bits per heavy atom. The van der Waals surface area contributed by atoms with E-state index < -0.39 is 5.91 Å². The molecule has 0 aliphatic heterocycles. The molecule has 19 heavy (non-hydrogen) atoms. The van der Waals surface area contributed by atoms with Crippen LogP contribution >= 0.6 is 0 Å². The van der Waals surface area contributed by atoms with Crippen LogP contribution in [0, 0.1) is 0 Å². The second kappa shape index (κ2) is 3.77. The number of anilines is 1. The number of primary amides is 1. The van der Waals surface area contributed by atoms with Gasteiger partial charge in [0.05, 0.1) is 23.5 Å². The van der Waals surface area contributed by atoms with E-state index in [9.17, 15) is 4.79 Å². The molecule has 9 heteroatoms. The van der Waals surface area contributed by atoms with Gasteiger partial charge in [-0.15, -0.1) is 0 Å². The number of amides is 1. The highest BCUT2D eigenvalue weighted by molar-refractivity contribution is 5.96. The summed E-state index contributed by atoms with van der Waals surface area (Å²) in [5.74, 6) is -0.204. The van der Waals surface area contributed by atoms with Gasteiger partial charge >= 0.3 is 0 Å². The molecule has 0 saturated heterocycles. The number of nitrogens with zero attached hydrogens (tertiary/aromatic N) is 6. The van der Waals surface area contributed by atoms with Crippen LogP contribution in [0.15, 0.2) is 18.7 Å². The van der Waals surface area contributed by atoms with Gasteiger partial charge in [0.1, 0.15) is 6.33 Å². The normalized spacial score (nSPS) is 11.0. The van der Waals surface area contributed by atoms with Gasteiger partial charge in [-0.3, -0.25) is 9.48 Å². The van der Waals surface area contributed by atoms with E-state index in [0.717, 1.165) is 0 Å². The van der Waals surface area contributed by atoms with Crippen molar-refractivity contribution in [3.05, 3.63) is 24.4 Å². The number of carbonyl (C=O) groups is 1. The Bertz CT molecular complexity index is 786. The molecule has 3 rings (SSSR count). The van der Waals surface area contributed by atoms with Gasteiger partial charge in [-0.1, -0.05) is 0 Å². The Kier molecular flexibility index (Phi) is 2.21. The predicted octanol–water partition coefficient (Wildman–Crippen LogP) is -0.770. The fourth-order valence-corrected chi connectivity index (χ4v) is 1.82. The van der Waals surface area contributed by atoms with Crippen molar-refractivity contribution in [2.24, 2.45) is 12.8 Å². The Morgan fingerprint density at radius 3 is 2.84 bits per heavy atom. The number of carbonyl (C=O) groups excluding carboxylic acids is 1. The fourth-order valence-electron chi connectivity index (χ4n) is 1.82. The fraction of sp³-hybridized carbons (Fsp3) is 0.100. The van der Waals surface area contributed by atoms with E-state index in [0.29, 0.717) is 16.9 Å². The van der Waals surface area contributed by atoms with Crippen molar-refractivity contribution in [3.63, 3.8) is 0 Å². The first kappa shape index (κ1) is 11.1. The summed E-state index contributed by atoms with van der Waals surface area (Å²) in [4.78, 5) is 19.4. The first-order chi connectivity index (χ1) is 9.08. The smallest absolute Gasteiger partial charge is 0.271 e. The Hall–Kier alpha value is -2.97. The molecule has 0 aliphatic rings. The molecule has 0 aliphatic carbocycles. The van der Waals surface area contributed by atoms with E-state index in [1.54, 1.807) is 17.9 Å². The molecule has 0 unspecified atom stereocenters. The first-order valence-corrected chi connectivity index (χ1v) is 5.36. The van der Waals surface area contributed by atoms with Gasteiger partial charge in [-0.05, 0) is 0 Å². The molecule has 0 bridgehead atoms. The number of hydrogen-bond acceptors (Lipinski definition) is 6. The number of hydrogen-bond donors (Lipinski definition) is 2. The average molecular weight is 258 g/mol. The second-order valence-electron chi connectivity index (χ2n) is 3.94. The summed E-state index contributed by atoms with van der Waals surface area (Å²) in [5.41, 5.74) is 11.7. The third-order valence-corrected chi connectivity index (χ3v) is 2.70. The van der Waals surface area contributed by atoms with Crippen LogP contribution in [-0.2, 0) is 7.05 Å². The summed E-state index contributed by atoms with van der Waals surface area (Å²) in [6.07, 6.45) is 4.49. The lowest BCUT2D eigenvalue weighted by Gasteiger charge is -2.00. The SMILES string of the molecule is Cn1ncc2c(-n3cc(N)c(C(N)=O)n3)ncnc21. The molecule has 0 radical (unpaired) electrons. The van der Waals surface area contributed by atoms with Crippen molar-refractivity contribution in [2.45, 2.75) is 0 Å². The number of rotatable bonds is 2. The molecule has 9 nitrogen and oxygen atoms in total. The summed E-state index contributed by atoms with van der Waals surface area (Å²) in [7, 11) is 1.77. The zero-order valence-corrected chi connectivity index (χ0v) is 9.98. The van der Waals surface area contributed by atoms with Gasteiger partial charge in [0.2, 0.25) is 0 Å². The van der Waals surface area contributed by atoms with E-state index in [1.165, 1.54) is 17.2 Å². The van der Waals surface area contributed by atoms with E-state index in [2.05, 4.69) is 20.2 Å². The molecular weight excluding hydrogens is 248 g/mol. The maximum atomic E-state index is 11.2. The summed E-state index contributed by atoms with van der Waals surface area (Å²) in [5, 5.41) is 8.82. The van der Waals surface area contributed by atoms with Crippen molar-refractivity contribution in [1.82, 2.24) is 29.5 Å². The van der Waals surface area contributed by atoms with Gasteiger partial charge < -0.3 is 11.5 Å². The quantitative estimate of drug-likeness (QED) is 0.620. The third kappa shape index (κ3) is 1.59. The lowest BCUT2D eigenvalue weighted by Crippen LogP contribution is -2.14. The second-order valence-corrected chi connectivity index (χ2v) is 3.94. The van der Waals surface area contributed by atoms with Crippen molar-refractivity contribution < 1.29 is 4.79 Å². The summed E-state index contributed by atoms with van der Waals surface area (Å²) in [6.45, 7) is 0. The number of nitrogen functional groups attached to an aromatic ring is 1. The molecule has 3 aromatic rings. The van der Waals surface area contributed by atoms with Crippen LogP contribution in [0.3, 0.4) is 0 Å². The predicted molar refractivity (Wildman–Crippen MR) is 66.4 cm³/mol. The summed E-state index contributed by atoms with van der Waals surface area (Å²) >= 11 is 0. The Labute approximate surface area is 106 Å². The van der Waals surface area contributed by atoms with Crippen molar-refractivity contribution in [1.29, 1.82) is 0 Å². The highest BCUT2D eigenvalue weighted by Gasteiger charge is 2.15. The van der Waals surface area contributed by atoms with Gasteiger partial charge in [-0.2, -0.15) is 10.2 Å². The minimum Gasteiger partial charge on any atom is -0.396 e. The zero-order valence-electron chi connectivity index (χ0n) is 9.98. The highest BCUT2D eigenvalue weighted by atomic mass is 16.1. The van der Waals surface area contributed by atoms with Crippen molar-refractivity contribution >= 4 is 22.6 Å². The summed E-state index contributed by atoms with van der Waals surface area (Å²) in [6, 6.07) is 0. The molecule has 96 valence electrons. The number of aryl methyl sites for hydroxylation is 1. The third-order valence-electron chi connectivity index (χ3n) is 2.70. The van der Waals surface area contributed by atoms with Crippen molar-refractivity contribution in [3.8, 4) is 5.82 Å². The van der Waals surface area contributed by atoms with Crippen LogP contribution < -0.4 is 11.5 Å². The van der Waals surface area contributed by atoms with Crippen LogP contribution in [0.2, 0.25) is 0 Å². The molecule has 1 amide bonds. The maximum Gasteiger partial charge on any atom is 0.271 e. The molecule has 4 N–H and O–H groups in total. The van der Waals surface area contributed by atoms with Gasteiger partial charge in [-0.25, -0.2) is 14.6 Å². The lowest BCUT2D eigenvalue weighted by molar-refractivity contribution is 0.0996. The molecule has 0 fully saturated rings. The Morgan fingerprint density at radius 1 is 1.37 bits per heavy atom. The molecule has 0 saturated carbocycles. The van der Waals surface area contributed by atoms with E-state index >= 15 is 0 Å². The van der Waals surface area contributed by atoms with Gasteiger partial charge in [0.15, 0.2) is 17.2 Å². The number of nitrogens with two attached hydrogens (primary N) is 2. The minimum atomic E-state index is -0.687. The Balaban J connectivity index is 2.24.